The lowest BCUT2D eigenvalue weighted by Gasteiger charge is -2.31. The Morgan fingerprint density at radius 3 is 2.89 bits per heavy atom. The van der Waals surface area contributed by atoms with E-state index in [1.54, 1.807) is 7.11 Å². The second kappa shape index (κ2) is 7.58. The zero-order chi connectivity index (χ0) is 13.5. The van der Waals surface area contributed by atoms with E-state index in [0.29, 0.717) is 12.5 Å². The van der Waals surface area contributed by atoms with Crippen LogP contribution in [0.25, 0.3) is 0 Å². The van der Waals surface area contributed by atoms with Crippen LogP contribution in [0.15, 0.2) is 24.3 Å². The van der Waals surface area contributed by atoms with Crippen LogP contribution in [-0.4, -0.2) is 56.8 Å². The Bertz CT molecular complexity index is 389. The fourth-order valence-electron chi connectivity index (χ4n) is 2.10. The number of methoxy groups -OCH3 is 1. The van der Waals surface area contributed by atoms with Crippen LogP contribution in [0.5, 0.6) is 11.5 Å². The number of morpholine rings is 1. The van der Waals surface area contributed by atoms with E-state index in [2.05, 4.69) is 4.90 Å². The third-order valence-electron chi connectivity index (χ3n) is 3.13. The van der Waals surface area contributed by atoms with Crippen molar-refractivity contribution in [3.8, 4) is 11.5 Å². The van der Waals surface area contributed by atoms with E-state index in [1.807, 2.05) is 24.3 Å². The summed E-state index contributed by atoms with van der Waals surface area (Å²) in [7, 11) is 1.65. The van der Waals surface area contributed by atoms with Gasteiger partial charge in [0.2, 0.25) is 0 Å². The van der Waals surface area contributed by atoms with Gasteiger partial charge in [0.05, 0.1) is 19.8 Å². The van der Waals surface area contributed by atoms with Crippen molar-refractivity contribution in [3.05, 3.63) is 24.3 Å². The summed E-state index contributed by atoms with van der Waals surface area (Å²) in [5.41, 5.74) is 0. The van der Waals surface area contributed by atoms with Crippen molar-refractivity contribution < 1.29 is 14.2 Å². The average molecular weight is 286 g/mol. The number of para-hydroxylation sites is 2. The first-order valence-corrected chi connectivity index (χ1v) is 7.02. The lowest BCUT2D eigenvalue weighted by atomic mass is 10.3. The van der Waals surface area contributed by atoms with E-state index in [1.165, 1.54) is 0 Å². The van der Waals surface area contributed by atoms with E-state index < -0.39 is 0 Å². The van der Waals surface area contributed by atoms with E-state index in [-0.39, 0.29) is 6.10 Å². The number of ether oxygens (including phenoxy) is 3. The van der Waals surface area contributed by atoms with Crippen molar-refractivity contribution in [1.29, 1.82) is 0 Å². The molecule has 0 aliphatic carbocycles. The van der Waals surface area contributed by atoms with Gasteiger partial charge < -0.3 is 14.2 Å². The maximum Gasteiger partial charge on any atom is 0.161 e. The Morgan fingerprint density at radius 1 is 1.37 bits per heavy atom. The Hall–Kier alpha value is -0.970. The molecular formula is C14H20ClNO3. The minimum atomic E-state index is 0.140. The second-order valence-corrected chi connectivity index (χ2v) is 4.76. The summed E-state index contributed by atoms with van der Waals surface area (Å²) >= 11 is 5.82. The molecule has 0 aromatic heterocycles. The van der Waals surface area contributed by atoms with Crippen LogP contribution in [0.1, 0.15) is 0 Å². The van der Waals surface area contributed by atoms with Crippen molar-refractivity contribution in [1.82, 2.24) is 4.90 Å². The standard InChI is InChI=1S/C14H20ClNO3/c1-17-13-4-2-3-5-14(13)19-9-7-16-6-8-18-12(10-15)11-16/h2-5,12H,6-11H2,1H3. The quantitative estimate of drug-likeness (QED) is 0.748. The molecule has 1 fully saturated rings. The normalized spacial score (nSPS) is 20.2. The highest BCUT2D eigenvalue weighted by Gasteiger charge is 2.19. The van der Waals surface area contributed by atoms with Gasteiger partial charge in [-0.25, -0.2) is 0 Å². The molecule has 106 valence electrons. The van der Waals surface area contributed by atoms with Crippen molar-refractivity contribution >= 4 is 11.6 Å². The highest BCUT2D eigenvalue weighted by molar-refractivity contribution is 6.18. The van der Waals surface area contributed by atoms with Crippen LogP contribution in [-0.2, 0) is 4.74 Å². The van der Waals surface area contributed by atoms with Crippen molar-refractivity contribution in [2.24, 2.45) is 0 Å². The molecule has 1 atom stereocenters. The molecule has 0 saturated carbocycles. The molecule has 19 heavy (non-hydrogen) atoms. The Labute approximate surface area is 119 Å². The number of rotatable bonds is 6. The Morgan fingerprint density at radius 2 is 2.16 bits per heavy atom. The van der Waals surface area contributed by atoms with E-state index >= 15 is 0 Å². The predicted molar refractivity (Wildman–Crippen MR) is 75.4 cm³/mol. The number of hydrogen-bond acceptors (Lipinski definition) is 4. The molecule has 1 heterocycles. The predicted octanol–water partition coefficient (Wildman–Crippen LogP) is 2.01. The Kier molecular flexibility index (Phi) is 5.76. The van der Waals surface area contributed by atoms with Crippen LogP contribution in [0.4, 0.5) is 0 Å². The minimum absolute atomic E-state index is 0.140. The van der Waals surface area contributed by atoms with E-state index in [0.717, 1.165) is 37.7 Å². The van der Waals surface area contributed by atoms with Gasteiger partial charge in [-0.05, 0) is 12.1 Å². The number of alkyl halides is 1. The highest BCUT2D eigenvalue weighted by Crippen LogP contribution is 2.25. The zero-order valence-electron chi connectivity index (χ0n) is 11.2. The molecule has 5 heteroatoms. The number of hydrogen-bond donors (Lipinski definition) is 0. The summed E-state index contributed by atoms with van der Waals surface area (Å²) in [6, 6.07) is 7.68. The first-order chi connectivity index (χ1) is 9.33. The van der Waals surface area contributed by atoms with Gasteiger partial charge in [-0.3, -0.25) is 4.90 Å². The topological polar surface area (TPSA) is 30.9 Å². The number of benzene rings is 1. The van der Waals surface area contributed by atoms with Crippen LogP contribution in [0, 0.1) is 0 Å². The molecule has 0 amide bonds. The zero-order valence-corrected chi connectivity index (χ0v) is 11.9. The van der Waals surface area contributed by atoms with Gasteiger partial charge in [0.15, 0.2) is 11.5 Å². The van der Waals surface area contributed by atoms with Gasteiger partial charge in [-0.2, -0.15) is 0 Å². The number of halogens is 1. The third kappa shape index (κ3) is 4.27. The molecule has 0 spiro atoms. The van der Waals surface area contributed by atoms with Gasteiger partial charge in [-0.1, -0.05) is 12.1 Å². The summed E-state index contributed by atoms with van der Waals surface area (Å²) in [6.07, 6.45) is 0.140. The molecule has 1 aliphatic heterocycles. The van der Waals surface area contributed by atoms with E-state index in [9.17, 15) is 0 Å². The lowest BCUT2D eigenvalue weighted by Crippen LogP contribution is -2.44. The van der Waals surface area contributed by atoms with Crippen LogP contribution >= 0.6 is 11.6 Å². The number of nitrogens with zero attached hydrogens (tertiary/aromatic N) is 1. The fourth-order valence-corrected chi connectivity index (χ4v) is 2.29. The second-order valence-electron chi connectivity index (χ2n) is 4.45. The van der Waals surface area contributed by atoms with Crippen molar-refractivity contribution in [2.45, 2.75) is 6.10 Å². The minimum Gasteiger partial charge on any atom is -0.493 e. The summed E-state index contributed by atoms with van der Waals surface area (Å²) in [6.45, 7) is 4.05. The van der Waals surface area contributed by atoms with Gasteiger partial charge in [0.25, 0.3) is 0 Å². The molecular weight excluding hydrogens is 266 g/mol. The monoisotopic (exact) mass is 285 g/mol. The molecule has 4 nitrogen and oxygen atoms in total. The van der Waals surface area contributed by atoms with Crippen molar-refractivity contribution in [2.75, 3.05) is 45.8 Å². The molecule has 2 rings (SSSR count). The van der Waals surface area contributed by atoms with E-state index in [4.69, 9.17) is 25.8 Å². The first-order valence-electron chi connectivity index (χ1n) is 6.49. The molecule has 1 aliphatic rings. The molecule has 1 aromatic carbocycles. The smallest absolute Gasteiger partial charge is 0.161 e. The molecule has 0 radical (unpaired) electrons. The van der Waals surface area contributed by atoms with Gasteiger partial charge in [-0.15, -0.1) is 11.6 Å². The summed E-state index contributed by atoms with van der Waals surface area (Å²) in [5.74, 6) is 2.10. The van der Waals surface area contributed by atoms with Crippen molar-refractivity contribution in [3.63, 3.8) is 0 Å². The molecule has 0 bridgehead atoms. The van der Waals surface area contributed by atoms with Gasteiger partial charge in [0.1, 0.15) is 6.61 Å². The summed E-state index contributed by atoms with van der Waals surface area (Å²) < 4.78 is 16.5. The average Bonchev–Trinajstić information content (AvgIpc) is 2.48. The maximum atomic E-state index is 5.82. The largest absolute Gasteiger partial charge is 0.493 e. The van der Waals surface area contributed by atoms with Crippen LogP contribution < -0.4 is 9.47 Å². The summed E-state index contributed by atoms with van der Waals surface area (Å²) in [4.78, 5) is 2.31. The van der Waals surface area contributed by atoms with Crippen LogP contribution in [0.2, 0.25) is 0 Å². The maximum absolute atomic E-state index is 5.82. The molecule has 1 unspecified atom stereocenters. The van der Waals surface area contributed by atoms with Gasteiger partial charge >= 0.3 is 0 Å². The molecule has 0 N–H and O–H groups in total. The van der Waals surface area contributed by atoms with Crippen LogP contribution in [0.3, 0.4) is 0 Å². The van der Waals surface area contributed by atoms with Gasteiger partial charge in [0, 0.05) is 25.5 Å². The summed E-state index contributed by atoms with van der Waals surface area (Å²) in [5, 5.41) is 0. The SMILES string of the molecule is COc1ccccc1OCCN1CCOC(CCl)C1. The lowest BCUT2D eigenvalue weighted by molar-refractivity contribution is -0.0197. The fraction of sp³-hybridized carbons (Fsp3) is 0.571. The highest BCUT2D eigenvalue weighted by atomic mass is 35.5. The molecule has 1 saturated heterocycles. The third-order valence-corrected chi connectivity index (χ3v) is 3.47. The first kappa shape index (κ1) is 14.4. The molecule has 1 aromatic rings. The Balaban J connectivity index is 1.77.